The fourth-order valence-corrected chi connectivity index (χ4v) is 3.04. The Morgan fingerprint density at radius 1 is 1.14 bits per heavy atom. The lowest BCUT2D eigenvalue weighted by atomic mass is 9.94. The van der Waals surface area contributed by atoms with E-state index in [0.717, 1.165) is 21.9 Å². The van der Waals surface area contributed by atoms with Crippen LogP contribution in [0.25, 0.3) is 21.9 Å². The van der Waals surface area contributed by atoms with Crippen LogP contribution in [0.4, 0.5) is 0 Å². The smallest absolute Gasteiger partial charge is 0.107 e. The Labute approximate surface area is 122 Å². The van der Waals surface area contributed by atoms with Gasteiger partial charge < -0.3 is 14.8 Å². The van der Waals surface area contributed by atoms with E-state index in [1.807, 2.05) is 28.8 Å². The largest absolute Gasteiger partial charge is 0.391 e. The standard InChI is InChI=1S/C16H19N3O2/c1-10(20)15(16(2,3)21)19-9-18-13-8-17-12-7-5-4-6-11(12)14(13)19/h4-10,15,20-21H,1-3H3. The van der Waals surface area contributed by atoms with Crippen LogP contribution < -0.4 is 0 Å². The number of aromatic nitrogens is 3. The van der Waals surface area contributed by atoms with Crippen molar-refractivity contribution in [1.29, 1.82) is 0 Å². The minimum atomic E-state index is -1.08. The number of benzene rings is 1. The summed E-state index contributed by atoms with van der Waals surface area (Å²) in [4.78, 5) is 8.75. The van der Waals surface area contributed by atoms with Gasteiger partial charge in [0.2, 0.25) is 0 Å². The zero-order chi connectivity index (χ0) is 15.2. The topological polar surface area (TPSA) is 71.2 Å². The Morgan fingerprint density at radius 2 is 1.86 bits per heavy atom. The van der Waals surface area contributed by atoms with Crippen LogP contribution in [-0.2, 0) is 0 Å². The van der Waals surface area contributed by atoms with E-state index in [-0.39, 0.29) is 0 Å². The van der Waals surface area contributed by atoms with E-state index in [0.29, 0.717) is 0 Å². The molecule has 5 heteroatoms. The number of pyridine rings is 1. The molecule has 0 saturated heterocycles. The van der Waals surface area contributed by atoms with Gasteiger partial charge in [-0.15, -0.1) is 0 Å². The molecule has 2 atom stereocenters. The van der Waals surface area contributed by atoms with Crippen molar-refractivity contribution >= 4 is 21.9 Å². The summed E-state index contributed by atoms with van der Waals surface area (Å²) in [5.41, 5.74) is 1.43. The summed E-state index contributed by atoms with van der Waals surface area (Å²) >= 11 is 0. The summed E-state index contributed by atoms with van der Waals surface area (Å²) < 4.78 is 1.85. The maximum absolute atomic E-state index is 10.4. The molecule has 3 rings (SSSR count). The summed E-state index contributed by atoms with van der Waals surface area (Å²) in [5.74, 6) is 0. The molecule has 0 bridgehead atoms. The van der Waals surface area contributed by atoms with E-state index in [9.17, 15) is 10.2 Å². The molecule has 2 N–H and O–H groups in total. The highest BCUT2D eigenvalue weighted by atomic mass is 16.3. The highest BCUT2D eigenvalue weighted by Crippen LogP contribution is 2.32. The van der Waals surface area contributed by atoms with E-state index >= 15 is 0 Å². The van der Waals surface area contributed by atoms with Crippen LogP contribution in [0.15, 0.2) is 36.8 Å². The summed E-state index contributed by atoms with van der Waals surface area (Å²) in [6.45, 7) is 5.07. The van der Waals surface area contributed by atoms with Crippen LogP contribution in [-0.4, -0.2) is 36.5 Å². The average Bonchev–Trinajstić information content (AvgIpc) is 2.81. The molecule has 1 aromatic carbocycles. The first-order valence-electron chi connectivity index (χ1n) is 7.00. The molecule has 110 valence electrons. The van der Waals surface area contributed by atoms with E-state index in [1.54, 1.807) is 33.3 Å². The van der Waals surface area contributed by atoms with Crippen molar-refractivity contribution in [3.05, 3.63) is 36.8 Å². The highest BCUT2D eigenvalue weighted by Gasteiger charge is 2.33. The van der Waals surface area contributed by atoms with Gasteiger partial charge in [-0.25, -0.2) is 4.98 Å². The Hall–Kier alpha value is -1.98. The van der Waals surface area contributed by atoms with Gasteiger partial charge in [0.15, 0.2) is 0 Å². The van der Waals surface area contributed by atoms with E-state index in [2.05, 4.69) is 9.97 Å². The first kappa shape index (κ1) is 14.0. The van der Waals surface area contributed by atoms with Gasteiger partial charge in [-0.2, -0.15) is 0 Å². The molecule has 0 saturated carbocycles. The molecule has 21 heavy (non-hydrogen) atoms. The molecule has 0 amide bonds. The van der Waals surface area contributed by atoms with E-state index < -0.39 is 17.7 Å². The maximum Gasteiger partial charge on any atom is 0.107 e. The fourth-order valence-electron chi connectivity index (χ4n) is 3.04. The Kier molecular flexibility index (Phi) is 3.19. The number of imidazole rings is 1. The zero-order valence-corrected chi connectivity index (χ0v) is 12.4. The lowest BCUT2D eigenvalue weighted by molar-refractivity contribution is -0.0302. The first-order chi connectivity index (χ1) is 9.89. The van der Waals surface area contributed by atoms with Gasteiger partial charge in [0.05, 0.1) is 41.3 Å². The molecule has 2 heterocycles. The molecule has 2 unspecified atom stereocenters. The Bertz CT molecular complexity index is 787. The van der Waals surface area contributed by atoms with Crippen molar-refractivity contribution in [2.45, 2.75) is 38.5 Å². The lowest BCUT2D eigenvalue weighted by Crippen LogP contribution is -2.39. The van der Waals surface area contributed by atoms with E-state index in [1.165, 1.54) is 0 Å². The predicted octanol–water partition coefficient (Wildman–Crippen LogP) is 2.28. The van der Waals surface area contributed by atoms with Crippen LogP contribution in [0.3, 0.4) is 0 Å². The summed E-state index contributed by atoms with van der Waals surface area (Å²) in [5, 5.41) is 21.5. The molecule has 0 fully saturated rings. The van der Waals surface area contributed by atoms with Crippen LogP contribution in [0.2, 0.25) is 0 Å². The Balaban J connectivity index is 2.35. The number of aliphatic hydroxyl groups excluding tert-OH is 1. The number of para-hydroxylation sites is 1. The summed E-state index contributed by atoms with van der Waals surface area (Å²) in [6, 6.07) is 7.31. The quantitative estimate of drug-likeness (QED) is 0.774. The van der Waals surface area contributed by atoms with Crippen LogP contribution in [0, 0.1) is 0 Å². The van der Waals surface area contributed by atoms with Gasteiger partial charge in [-0.1, -0.05) is 18.2 Å². The Morgan fingerprint density at radius 3 is 2.52 bits per heavy atom. The van der Waals surface area contributed by atoms with Gasteiger partial charge in [-0.05, 0) is 26.8 Å². The van der Waals surface area contributed by atoms with Crippen molar-refractivity contribution in [1.82, 2.24) is 14.5 Å². The molecule has 5 nitrogen and oxygen atoms in total. The van der Waals surface area contributed by atoms with Crippen molar-refractivity contribution in [2.75, 3.05) is 0 Å². The molecule has 0 aliphatic rings. The molecule has 3 aromatic rings. The summed E-state index contributed by atoms with van der Waals surface area (Å²) in [6.07, 6.45) is 2.67. The second-order valence-corrected chi connectivity index (χ2v) is 6.00. The van der Waals surface area contributed by atoms with Crippen molar-refractivity contribution < 1.29 is 10.2 Å². The highest BCUT2D eigenvalue weighted by molar-refractivity contribution is 6.02. The normalized spacial score (nSPS) is 15.5. The third-order valence-electron chi connectivity index (χ3n) is 3.79. The summed E-state index contributed by atoms with van der Waals surface area (Å²) in [7, 11) is 0. The zero-order valence-electron chi connectivity index (χ0n) is 12.4. The number of aliphatic hydroxyl groups is 2. The van der Waals surface area contributed by atoms with E-state index in [4.69, 9.17) is 0 Å². The van der Waals surface area contributed by atoms with Crippen molar-refractivity contribution in [3.8, 4) is 0 Å². The SMILES string of the molecule is CC(O)C(n1cnc2cnc3ccccc3c21)C(C)(C)O. The number of rotatable bonds is 3. The van der Waals surface area contributed by atoms with Gasteiger partial charge in [-0.3, -0.25) is 4.98 Å². The van der Waals surface area contributed by atoms with Crippen molar-refractivity contribution in [2.24, 2.45) is 0 Å². The minimum absolute atomic E-state index is 0.492. The van der Waals surface area contributed by atoms with Gasteiger partial charge in [0.1, 0.15) is 5.52 Å². The average molecular weight is 285 g/mol. The third-order valence-corrected chi connectivity index (χ3v) is 3.79. The first-order valence-corrected chi connectivity index (χ1v) is 7.00. The molecular formula is C16H19N3O2. The van der Waals surface area contributed by atoms with Crippen LogP contribution in [0.5, 0.6) is 0 Å². The molecular weight excluding hydrogens is 266 g/mol. The van der Waals surface area contributed by atoms with Crippen molar-refractivity contribution in [3.63, 3.8) is 0 Å². The number of fused-ring (bicyclic) bond motifs is 3. The maximum atomic E-state index is 10.4. The van der Waals surface area contributed by atoms with Crippen LogP contribution >= 0.6 is 0 Å². The van der Waals surface area contributed by atoms with Gasteiger partial charge >= 0.3 is 0 Å². The third kappa shape index (κ3) is 2.28. The predicted molar refractivity (Wildman–Crippen MR) is 82.0 cm³/mol. The number of hydrogen-bond donors (Lipinski definition) is 2. The molecule has 0 radical (unpaired) electrons. The van der Waals surface area contributed by atoms with Gasteiger partial charge in [0, 0.05) is 5.39 Å². The minimum Gasteiger partial charge on any atom is -0.391 e. The molecule has 0 spiro atoms. The molecule has 2 aromatic heterocycles. The molecule has 0 aliphatic heterocycles. The second kappa shape index (κ2) is 4.79. The fraction of sp³-hybridized carbons (Fsp3) is 0.375. The van der Waals surface area contributed by atoms with Gasteiger partial charge in [0.25, 0.3) is 0 Å². The number of hydrogen-bond acceptors (Lipinski definition) is 4. The molecule has 0 aliphatic carbocycles. The number of nitrogens with zero attached hydrogens (tertiary/aromatic N) is 3. The lowest BCUT2D eigenvalue weighted by Gasteiger charge is -2.33. The van der Waals surface area contributed by atoms with Crippen LogP contribution in [0.1, 0.15) is 26.8 Å². The monoisotopic (exact) mass is 285 g/mol. The second-order valence-electron chi connectivity index (χ2n) is 6.00.